The maximum absolute atomic E-state index is 5.67. The van der Waals surface area contributed by atoms with Crippen LogP contribution in [0, 0.1) is 0 Å². The monoisotopic (exact) mass is 244 g/mol. The van der Waals surface area contributed by atoms with E-state index in [1.165, 1.54) is 29.6 Å². The molecule has 94 valence electrons. The molecule has 0 amide bonds. The van der Waals surface area contributed by atoms with Crippen molar-refractivity contribution in [2.75, 3.05) is 23.7 Å². The van der Waals surface area contributed by atoms with Crippen molar-refractivity contribution in [2.45, 2.75) is 19.3 Å². The van der Waals surface area contributed by atoms with Gasteiger partial charge in [0.05, 0.1) is 5.69 Å². The summed E-state index contributed by atoms with van der Waals surface area (Å²) >= 11 is 0. The van der Waals surface area contributed by atoms with Gasteiger partial charge in [-0.1, -0.05) is 5.10 Å². The summed E-state index contributed by atoms with van der Waals surface area (Å²) in [5, 5.41) is 11.1. The van der Waals surface area contributed by atoms with Crippen LogP contribution in [0.2, 0.25) is 0 Å². The first-order valence-corrected chi connectivity index (χ1v) is 6.24. The van der Waals surface area contributed by atoms with Crippen molar-refractivity contribution >= 4 is 11.6 Å². The summed E-state index contributed by atoms with van der Waals surface area (Å²) in [7, 11) is 0. The molecule has 1 aromatic heterocycles. The highest BCUT2D eigenvalue weighted by atomic mass is 15.6. The van der Waals surface area contributed by atoms with Crippen molar-refractivity contribution in [3.8, 4) is 5.69 Å². The van der Waals surface area contributed by atoms with Gasteiger partial charge in [-0.15, -0.1) is 0 Å². The van der Waals surface area contributed by atoms with Crippen LogP contribution in [0.25, 0.3) is 5.69 Å². The lowest BCUT2D eigenvalue weighted by atomic mass is 10.1. The minimum Gasteiger partial charge on any atom is -0.372 e. The van der Waals surface area contributed by atoms with Gasteiger partial charge < -0.3 is 10.6 Å². The third-order valence-corrected chi connectivity index (χ3v) is 3.31. The number of hydrogen-bond donors (Lipinski definition) is 1. The lowest BCUT2D eigenvalue weighted by Gasteiger charge is -2.28. The van der Waals surface area contributed by atoms with Crippen LogP contribution in [0.15, 0.2) is 24.3 Å². The highest BCUT2D eigenvalue weighted by Gasteiger charge is 2.11. The standard InChI is InChI=1S/C12H16N6/c13-12-14-15-16-18(12)11-6-4-10(5-7-11)17-8-2-1-3-9-17/h4-7H,1-3,8-9H2,(H2,13,14,16). The van der Waals surface area contributed by atoms with E-state index in [1.807, 2.05) is 12.1 Å². The van der Waals surface area contributed by atoms with E-state index in [0.717, 1.165) is 18.8 Å². The van der Waals surface area contributed by atoms with Crippen LogP contribution in [0.4, 0.5) is 11.6 Å². The zero-order valence-corrected chi connectivity index (χ0v) is 10.2. The Hall–Kier alpha value is -2.11. The van der Waals surface area contributed by atoms with Crippen LogP contribution in [-0.2, 0) is 0 Å². The van der Waals surface area contributed by atoms with Crippen molar-refractivity contribution in [1.29, 1.82) is 0 Å². The third-order valence-electron chi connectivity index (χ3n) is 3.31. The molecule has 1 aliphatic rings. The molecular weight excluding hydrogens is 228 g/mol. The van der Waals surface area contributed by atoms with Gasteiger partial charge >= 0.3 is 0 Å². The van der Waals surface area contributed by atoms with E-state index >= 15 is 0 Å². The van der Waals surface area contributed by atoms with Gasteiger partial charge in [0.25, 0.3) is 0 Å². The molecular formula is C12H16N6. The lowest BCUT2D eigenvalue weighted by Crippen LogP contribution is -2.29. The second kappa shape index (κ2) is 4.64. The first-order chi connectivity index (χ1) is 8.84. The maximum Gasteiger partial charge on any atom is 0.245 e. The molecule has 0 aliphatic carbocycles. The topological polar surface area (TPSA) is 72.9 Å². The zero-order valence-electron chi connectivity index (χ0n) is 10.2. The van der Waals surface area contributed by atoms with E-state index in [1.54, 1.807) is 0 Å². The number of piperidine rings is 1. The SMILES string of the molecule is Nc1nnnn1-c1ccc(N2CCCCC2)cc1. The van der Waals surface area contributed by atoms with Crippen LogP contribution in [0.5, 0.6) is 0 Å². The largest absolute Gasteiger partial charge is 0.372 e. The first kappa shape index (κ1) is 11.0. The highest BCUT2D eigenvalue weighted by Crippen LogP contribution is 2.21. The number of hydrogen-bond acceptors (Lipinski definition) is 5. The predicted octanol–water partition coefficient (Wildman–Crippen LogP) is 1.23. The molecule has 0 saturated carbocycles. The van der Waals surface area contributed by atoms with Crippen LogP contribution in [0.3, 0.4) is 0 Å². The van der Waals surface area contributed by atoms with Gasteiger partial charge in [0, 0.05) is 18.8 Å². The Labute approximate surface area is 105 Å². The van der Waals surface area contributed by atoms with E-state index in [9.17, 15) is 0 Å². The number of tetrazole rings is 1. The second-order valence-electron chi connectivity index (χ2n) is 4.51. The fraction of sp³-hybridized carbons (Fsp3) is 0.417. The normalized spacial score (nSPS) is 15.9. The quantitative estimate of drug-likeness (QED) is 0.860. The number of benzene rings is 1. The molecule has 1 aromatic carbocycles. The molecule has 0 bridgehead atoms. The van der Waals surface area contributed by atoms with E-state index in [4.69, 9.17) is 5.73 Å². The molecule has 2 heterocycles. The van der Waals surface area contributed by atoms with Gasteiger partial charge in [-0.3, -0.25) is 0 Å². The molecule has 0 spiro atoms. The number of rotatable bonds is 2. The van der Waals surface area contributed by atoms with Crippen molar-refractivity contribution in [3.05, 3.63) is 24.3 Å². The van der Waals surface area contributed by atoms with Crippen molar-refractivity contribution in [1.82, 2.24) is 20.2 Å². The second-order valence-corrected chi connectivity index (χ2v) is 4.51. The molecule has 1 aliphatic heterocycles. The molecule has 1 saturated heterocycles. The summed E-state index contributed by atoms with van der Waals surface area (Å²) in [6.45, 7) is 2.29. The van der Waals surface area contributed by atoms with Gasteiger partial charge in [-0.2, -0.15) is 4.68 Å². The van der Waals surface area contributed by atoms with E-state index in [2.05, 4.69) is 32.6 Å². The Balaban J connectivity index is 1.82. The lowest BCUT2D eigenvalue weighted by molar-refractivity contribution is 0.578. The minimum absolute atomic E-state index is 0.306. The first-order valence-electron chi connectivity index (χ1n) is 6.24. The Morgan fingerprint density at radius 3 is 2.22 bits per heavy atom. The van der Waals surface area contributed by atoms with Crippen molar-refractivity contribution < 1.29 is 0 Å². The summed E-state index contributed by atoms with van der Waals surface area (Å²) in [6, 6.07) is 8.19. The van der Waals surface area contributed by atoms with Gasteiger partial charge in [0.2, 0.25) is 5.95 Å². The third kappa shape index (κ3) is 2.01. The molecule has 2 aromatic rings. The van der Waals surface area contributed by atoms with E-state index < -0.39 is 0 Å². The molecule has 1 fully saturated rings. The maximum atomic E-state index is 5.67. The fourth-order valence-electron chi connectivity index (χ4n) is 2.33. The Bertz CT molecular complexity index is 512. The summed E-state index contributed by atoms with van der Waals surface area (Å²) in [5.74, 6) is 0.306. The molecule has 0 unspecified atom stereocenters. The molecule has 18 heavy (non-hydrogen) atoms. The summed E-state index contributed by atoms with van der Waals surface area (Å²) in [6.07, 6.45) is 3.90. The molecule has 6 nitrogen and oxygen atoms in total. The number of nitrogens with two attached hydrogens (primary N) is 1. The van der Waals surface area contributed by atoms with Gasteiger partial charge in [-0.25, -0.2) is 0 Å². The van der Waals surface area contributed by atoms with Gasteiger partial charge in [-0.05, 0) is 54.0 Å². The Morgan fingerprint density at radius 2 is 1.61 bits per heavy atom. The predicted molar refractivity (Wildman–Crippen MR) is 69.6 cm³/mol. The molecule has 0 radical (unpaired) electrons. The number of nitrogens with zero attached hydrogens (tertiary/aromatic N) is 5. The van der Waals surface area contributed by atoms with Crippen LogP contribution in [0.1, 0.15) is 19.3 Å². The molecule has 2 N–H and O–H groups in total. The van der Waals surface area contributed by atoms with Crippen molar-refractivity contribution in [3.63, 3.8) is 0 Å². The number of anilines is 2. The van der Waals surface area contributed by atoms with Crippen molar-refractivity contribution in [2.24, 2.45) is 0 Å². The van der Waals surface area contributed by atoms with Crippen LogP contribution < -0.4 is 10.6 Å². The Morgan fingerprint density at radius 1 is 0.944 bits per heavy atom. The fourth-order valence-corrected chi connectivity index (χ4v) is 2.33. The zero-order chi connectivity index (χ0) is 12.4. The van der Waals surface area contributed by atoms with Crippen LogP contribution >= 0.6 is 0 Å². The molecule has 6 heteroatoms. The van der Waals surface area contributed by atoms with Gasteiger partial charge in [0.1, 0.15) is 0 Å². The average molecular weight is 244 g/mol. The van der Waals surface area contributed by atoms with Gasteiger partial charge in [0.15, 0.2) is 0 Å². The number of aromatic nitrogens is 4. The van der Waals surface area contributed by atoms with Crippen LogP contribution in [-0.4, -0.2) is 33.3 Å². The summed E-state index contributed by atoms with van der Waals surface area (Å²) in [5.41, 5.74) is 7.81. The smallest absolute Gasteiger partial charge is 0.245 e. The Kier molecular flexibility index (Phi) is 2.84. The van der Waals surface area contributed by atoms with E-state index in [0.29, 0.717) is 5.95 Å². The molecule has 3 rings (SSSR count). The minimum atomic E-state index is 0.306. The highest BCUT2D eigenvalue weighted by molar-refractivity contribution is 5.51. The summed E-state index contributed by atoms with van der Waals surface area (Å²) in [4.78, 5) is 2.41. The average Bonchev–Trinajstić information content (AvgIpc) is 2.86. The summed E-state index contributed by atoms with van der Waals surface area (Å²) < 4.78 is 1.53. The number of nitrogen functional groups attached to an aromatic ring is 1. The van der Waals surface area contributed by atoms with E-state index in [-0.39, 0.29) is 0 Å². The molecule has 0 atom stereocenters.